The maximum absolute atomic E-state index is 12.6. The van der Waals surface area contributed by atoms with Crippen LogP contribution >= 0.6 is 11.6 Å². The van der Waals surface area contributed by atoms with Gasteiger partial charge in [-0.2, -0.15) is 0 Å². The average Bonchev–Trinajstić information content (AvgIpc) is 2.97. The molecule has 1 aromatic heterocycles. The fraction of sp³-hybridized carbons (Fsp3) is 0.130. The first-order valence-corrected chi connectivity index (χ1v) is 9.69. The van der Waals surface area contributed by atoms with Gasteiger partial charge in [0.15, 0.2) is 0 Å². The Balaban J connectivity index is 1.59. The van der Waals surface area contributed by atoms with Crippen LogP contribution in [0.1, 0.15) is 42.2 Å². The van der Waals surface area contributed by atoms with E-state index in [4.69, 9.17) is 20.8 Å². The Morgan fingerprint density at radius 3 is 2.61 bits per heavy atom. The third kappa shape index (κ3) is 3.64. The van der Waals surface area contributed by atoms with Crippen LogP contribution in [0.5, 0.6) is 0 Å². The summed E-state index contributed by atoms with van der Waals surface area (Å²) in [7, 11) is 0. The topological polar surface area (TPSA) is 93.9 Å². The van der Waals surface area contributed by atoms with Crippen LogP contribution in [-0.4, -0.2) is 29.2 Å². The molecular formula is C23H16ClNO6. The Bertz CT molecular complexity index is 1340. The number of fused-ring (bicyclic) bond motifs is 2. The third-order valence-corrected chi connectivity index (χ3v) is 5.39. The van der Waals surface area contributed by atoms with Crippen LogP contribution < -0.4 is 5.63 Å². The Hall–Kier alpha value is -3.71. The molecule has 3 aromatic rings. The van der Waals surface area contributed by atoms with Gasteiger partial charge in [-0.3, -0.25) is 14.5 Å². The largest absolute Gasteiger partial charge is 0.457 e. The molecule has 2 aromatic carbocycles. The highest BCUT2D eigenvalue weighted by molar-refractivity contribution is 6.32. The molecule has 0 bridgehead atoms. The monoisotopic (exact) mass is 437 g/mol. The molecular weight excluding hydrogens is 422 g/mol. The number of benzene rings is 2. The minimum Gasteiger partial charge on any atom is -0.457 e. The van der Waals surface area contributed by atoms with Gasteiger partial charge in [-0.1, -0.05) is 17.7 Å². The Kier molecular flexibility index (Phi) is 5.20. The summed E-state index contributed by atoms with van der Waals surface area (Å²) >= 11 is 6.17. The first kappa shape index (κ1) is 20.6. The molecule has 0 radical (unpaired) electrons. The number of aryl methyl sites for hydroxylation is 1. The van der Waals surface area contributed by atoms with Gasteiger partial charge in [0.2, 0.25) is 0 Å². The lowest BCUT2D eigenvalue weighted by atomic mass is 10.1. The van der Waals surface area contributed by atoms with E-state index in [1.807, 2.05) is 0 Å². The molecule has 4 rings (SSSR count). The van der Waals surface area contributed by atoms with Crippen LogP contribution in [0.25, 0.3) is 11.0 Å². The molecule has 0 fully saturated rings. The van der Waals surface area contributed by atoms with Crippen molar-refractivity contribution < 1.29 is 23.5 Å². The fourth-order valence-electron chi connectivity index (χ4n) is 3.41. The van der Waals surface area contributed by atoms with Crippen molar-refractivity contribution in [3.05, 3.63) is 92.3 Å². The maximum atomic E-state index is 12.6. The van der Waals surface area contributed by atoms with Crippen molar-refractivity contribution in [1.82, 2.24) is 4.90 Å². The van der Waals surface area contributed by atoms with Crippen molar-refractivity contribution in [2.45, 2.75) is 13.5 Å². The number of hydrogen-bond donors (Lipinski definition) is 0. The first-order chi connectivity index (χ1) is 14.8. The van der Waals surface area contributed by atoms with E-state index in [1.165, 1.54) is 30.3 Å². The van der Waals surface area contributed by atoms with Crippen molar-refractivity contribution in [2.75, 3.05) is 6.54 Å². The molecule has 0 N–H and O–H groups in total. The predicted molar refractivity (Wildman–Crippen MR) is 113 cm³/mol. The standard InChI is InChI=1S/C23H16ClNO6/c1-3-6-25-21(27)15-5-4-13(8-17(15)22(25)28)23(29)30-11-14-9-20(26)31-19-7-12(2)18(24)10-16(14)19/h3-5,7-10H,1,6,11H2,2H3. The van der Waals surface area contributed by atoms with Gasteiger partial charge in [0, 0.05) is 28.6 Å². The van der Waals surface area contributed by atoms with Gasteiger partial charge >= 0.3 is 11.6 Å². The molecule has 0 unspecified atom stereocenters. The molecule has 0 atom stereocenters. The predicted octanol–water partition coefficient (Wildman–Crippen LogP) is 3.89. The second kappa shape index (κ2) is 7.85. The van der Waals surface area contributed by atoms with E-state index in [-0.39, 0.29) is 29.8 Å². The molecule has 1 aliphatic heterocycles. The molecule has 0 aliphatic carbocycles. The summed E-state index contributed by atoms with van der Waals surface area (Å²) in [6.07, 6.45) is 1.45. The number of ether oxygens (including phenoxy) is 1. The summed E-state index contributed by atoms with van der Waals surface area (Å²) in [6.45, 7) is 5.20. The zero-order valence-corrected chi connectivity index (χ0v) is 17.2. The maximum Gasteiger partial charge on any atom is 0.338 e. The number of amides is 2. The molecule has 0 spiro atoms. The quantitative estimate of drug-likeness (QED) is 0.260. The summed E-state index contributed by atoms with van der Waals surface area (Å²) in [5, 5.41) is 1.04. The highest BCUT2D eigenvalue weighted by Crippen LogP contribution is 2.27. The Morgan fingerprint density at radius 1 is 1.13 bits per heavy atom. The second-order valence-electron chi connectivity index (χ2n) is 7.03. The Labute approximate surface area is 181 Å². The number of rotatable bonds is 5. The average molecular weight is 438 g/mol. The van der Waals surface area contributed by atoms with Crippen LogP contribution in [0, 0.1) is 6.92 Å². The van der Waals surface area contributed by atoms with Gasteiger partial charge in [0.25, 0.3) is 11.8 Å². The molecule has 0 saturated heterocycles. The zero-order chi connectivity index (χ0) is 22.3. The summed E-state index contributed by atoms with van der Waals surface area (Å²) in [5.41, 5.74) is 1.41. The van der Waals surface area contributed by atoms with E-state index in [2.05, 4.69) is 6.58 Å². The third-order valence-electron chi connectivity index (χ3n) is 4.99. The van der Waals surface area contributed by atoms with Crippen molar-refractivity contribution >= 4 is 40.4 Å². The van der Waals surface area contributed by atoms with Crippen LogP contribution in [0.3, 0.4) is 0 Å². The molecule has 31 heavy (non-hydrogen) atoms. The molecule has 0 saturated carbocycles. The lowest BCUT2D eigenvalue weighted by Crippen LogP contribution is -2.29. The van der Waals surface area contributed by atoms with Crippen LogP contribution in [0.15, 0.2) is 58.3 Å². The van der Waals surface area contributed by atoms with Gasteiger partial charge in [-0.15, -0.1) is 6.58 Å². The van der Waals surface area contributed by atoms with Crippen molar-refractivity contribution in [1.29, 1.82) is 0 Å². The summed E-state index contributed by atoms with van der Waals surface area (Å²) in [5.74, 6) is -1.63. The number of esters is 1. The van der Waals surface area contributed by atoms with E-state index < -0.39 is 23.4 Å². The Morgan fingerprint density at radius 2 is 1.87 bits per heavy atom. The van der Waals surface area contributed by atoms with E-state index in [1.54, 1.807) is 19.1 Å². The van der Waals surface area contributed by atoms with Gasteiger partial charge in [0.05, 0.1) is 16.7 Å². The second-order valence-corrected chi connectivity index (χ2v) is 7.44. The number of imide groups is 1. The molecule has 156 valence electrons. The molecule has 1 aliphatic rings. The van der Waals surface area contributed by atoms with E-state index in [0.717, 1.165) is 10.5 Å². The van der Waals surface area contributed by atoms with Crippen LogP contribution in [-0.2, 0) is 11.3 Å². The highest BCUT2D eigenvalue weighted by atomic mass is 35.5. The van der Waals surface area contributed by atoms with E-state index in [9.17, 15) is 19.2 Å². The lowest BCUT2D eigenvalue weighted by molar-refractivity contribution is 0.0473. The normalized spacial score (nSPS) is 12.9. The van der Waals surface area contributed by atoms with E-state index in [0.29, 0.717) is 21.6 Å². The zero-order valence-electron chi connectivity index (χ0n) is 16.4. The smallest absolute Gasteiger partial charge is 0.338 e. The van der Waals surface area contributed by atoms with Gasteiger partial charge in [0.1, 0.15) is 12.2 Å². The van der Waals surface area contributed by atoms with E-state index >= 15 is 0 Å². The van der Waals surface area contributed by atoms with Crippen molar-refractivity contribution in [3.63, 3.8) is 0 Å². The molecule has 2 heterocycles. The summed E-state index contributed by atoms with van der Waals surface area (Å²) < 4.78 is 10.6. The van der Waals surface area contributed by atoms with Crippen molar-refractivity contribution in [3.8, 4) is 0 Å². The molecule has 8 heteroatoms. The summed E-state index contributed by atoms with van der Waals surface area (Å²) in [4.78, 5) is 50.2. The number of carbonyl (C=O) groups is 3. The van der Waals surface area contributed by atoms with Gasteiger partial charge < -0.3 is 9.15 Å². The molecule has 2 amide bonds. The number of halogens is 1. The van der Waals surface area contributed by atoms with Gasteiger partial charge in [-0.25, -0.2) is 9.59 Å². The lowest BCUT2D eigenvalue weighted by Gasteiger charge is -2.09. The van der Waals surface area contributed by atoms with Gasteiger partial charge in [-0.05, 0) is 42.8 Å². The number of nitrogens with zero attached hydrogens (tertiary/aromatic N) is 1. The van der Waals surface area contributed by atoms with Crippen LogP contribution in [0.2, 0.25) is 5.02 Å². The first-order valence-electron chi connectivity index (χ1n) is 9.31. The molecule has 7 nitrogen and oxygen atoms in total. The highest BCUT2D eigenvalue weighted by Gasteiger charge is 2.35. The summed E-state index contributed by atoms with van der Waals surface area (Å²) in [6, 6.07) is 8.69. The van der Waals surface area contributed by atoms with Crippen LogP contribution in [0.4, 0.5) is 0 Å². The number of hydrogen-bond acceptors (Lipinski definition) is 6. The minimum atomic E-state index is -0.704. The number of carbonyl (C=O) groups excluding carboxylic acids is 3. The SMILES string of the molecule is C=CCN1C(=O)c2ccc(C(=O)OCc3cc(=O)oc4cc(C)c(Cl)cc34)cc2C1=O. The minimum absolute atomic E-state index is 0.0812. The van der Waals surface area contributed by atoms with Crippen molar-refractivity contribution in [2.24, 2.45) is 0 Å². The fourth-order valence-corrected chi connectivity index (χ4v) is 3.57.